The van der Waals surface area contributed by atoms with Gasteiger partial charge in [-0.1, -0.05) is 35.9 Å². The van der Waals surface area contributed by atoms with Crippen LogP contribution in [0.5, 0.6) is 0 Å². The molecule has 2 heterocycles. The fourth-order valence-corrected chi connectivity index (χ4v) is 4.26. The molecule has 0 spiro atoms. The van der Waals surface area contributed by atoms with Crippen LogP contribution in [0, 0.1) is 0 Å². The molecule has 1 atom stereocenters. The van der Waals surface area contributed by atoms with Gasteiger partial charge in [-0.25, -0.2) is 4.79 Å². The highest BCUT2D eigenvalue weighted by Crippen LogP contribution is 2.23. The number of benzene rings is 2. The van der Waals surface area contributed by atoms with Gasteiger partial charge in [-0.3, -0.25) is 4.90 Å². The molecule has 4 rings (SSSR count). The summed E-state index contributed by atoms with van der Waals surface area (Å²) >= 11 is 7.59. The highest BCUT2D eigenvalue weighted by molar-refractivity contribution is 7.08. The second kappa shape index (κ2) is 8.78. The van der Waals surface area contributed by atoms with Gasteiger partial charge in [0, 0.05) is 36.4 Å². The molecule has 28 heavy (non-hydrogen) atoms. The SMILES string of the molecule is O=C(Nc1ccc(Cl)cc1)NC1CCN(Cc2ccc(-c3ccsc3)cc2)C1. The third kappa shape index (κ3) is 4.93. The number of halogens is 1. The van der Waals surface area contributed by atoms with Crippen molar-refractivity contribution in [1.82, 2.24) is 10.2 Å². The highest BCUT2D eigenvalue weighted by Gasteiger charge is 2.23. The minimum absolute atomic E-state index is 0.164. The van der Waals surface area contributed by atoms with Gasteiger partial charge < -0.3 is 10.6 Å². The lowest BCUT2D eigenvalue weighted by Crippen LogP contribution is -2.39. The van der Waals surface area contributed by atoms with E-state index in [4.69, 9.17) is 11.6 Å². The molecule has 6 heteroatoms. The van der Waals surface area contributed by atoms with E-state index in [1.54, 1.807) is 35.6 Å². The average molecular weight is 412 g/mol. The van der Waals surface area contributed by atoms with Crippen LogP contribution in [-0.4, -0.2) is 30.1 Å². The molecular formula is C22H22ClN3OS. The zero-order chi connectivity index (χ0) is 19.3. The van der Waals surface area contributed by atoms with Gasteiger partial charge in [-0.2, -0.15) is 11.3 Å². The smallest absolute Gasteiger partial charge is 0.319 e. The number of hydrogen-bond acceptors (Lipinski definition) is 3. The Morgan fingerprint density at radius 2 is 1.86 bits per heavy atom. The minimum Gasteiger partial charge on any atom is -0.334 e. The van der Waals surface area contributed by atoms with Crippen LogP contribution in [0.25, 0.3) is 11.1 Å². The number of anilines is 1. The van der Waals surface area contributed by atoms with Gasteiger partial charge in [0.05, 0.1) is 0 Å². The molecule has 1 aliphatic heterocycles. The Morgan fingerprint density at radius 1 is 1.07 bits per heavy atom. The van der Waals surface area contributed by atoms with Gasteiger partial charge in [0.1, 0.15) is 0 Å². The number of urea groups is 1. The molecule has 2 N–H and O–H groups in total. The average Bonchev–Trinajstić information content (AvgIpc) is 3.37. The van der Waals surface area contributed by atoms with E-state index in [-0.39, 0.29) is 12.1 Å². The molecule has 1 unspecified atom stereocenters. The van der Waals surface area contributed by atoms with Gasteiger partial charge in [0.25, 0.3) is 0 Å². The summed E-state index contributed by atoms with van der Waals surface area (Å²) in [5.41, 5.74) is 4.56. The standard InChI is InChI=1S/C22H22ClN3OS/c23-19-5-7-20(8-6-19)24-22(27)25-21-9-11-26(14-21)13-16-1-3-17(4-2-16)18-10-12-28-15-18/h1-8,10,12,15,21H,9,11,13-14H2,(H2,24,25,27). The van der Waals surface area contributed by atoms with Crippen molar-refractivity contribution in [1.29, 1.82) is 0 Å². The predicted octanol–water partition coefficient (Wildman–Crippen LogP) is 5.46. The zero-order valence-corrected chi connectivity index (χ0v) is 17.0. The first-order valence-corrected chi connectivity index (χ1v) is 10.6. The number of carbonyl (C=O) groups excluding carboxylic acids is 1. The van der Waals surface area contributed by atoms with Crippen LogP contribution in [0.1, 0.15) is 12.0 Å². The summed E-state index contributed by atoms with van der Waals surface area (Å²) in [6, 6.07) is 18.0. The molecular weight excluding hydrogens is 390 g/mol. The lowest BCUT2D eigenvalue weighted by molar-refractivity contribution is 0.247. The number of rotatable bonds is 5. The molecule has 2 aromatic carbocycles. The number of nitrogens with one attached hydrogen (secondary N) is 2. The van der Waals surface area contributed by atoms with Crippen molar-refractivity contribution in [3.05, 3.63) is 75.9 Å². The number of nitrogens with zero attached hydrogens (tertiary/aromatic N) is 1. The van der Waals surface area contributed by atoms with E-state index in [0.29, 0.717) is 5.02 Å². The van der Waals surface area contributed by atoms with Crippen LogP contribution >= 0.6 is 22.9 Å². The highest BCUT2D eigenvalue weighted by atomic mass is 35.5. The Hall–Kier alpha value is -2.34. The summed E-state index contributed by atoms with van der Waals surface area (Å²) in [6.07, 6.45) is 0.959. The third-order valence-corrected chi connectivity index (χ3v) is 5.86. The Bertz CT molecular complexity index is 910. The molecule has 144 valence electrons. The number of likely N-dealkylation sites (tertiary alicyclic amines) is 1. The van der Waals surface area contributed by atoms with Crippen molar-refractivity contribution < 1.29 is 4.79 Å². The molecule has 0 bridgehead atoms. The first kappa shape index (κ1) is 19.0. The van der Waals surface area contributed by atoms with Crippen LogP contribution in [0.4, 0.5) is 10.5 Å². The number of amides is 2. The van der Waals surface area contributed by atoms with E-state index in [1.165, 1.54) is 16.7 Å². The van der Waals surface area contributed by atoms with Crippen LogP contribution in [-0.2, 0) is 6.54 Å². The largest absolute Gasteiger partial charge is 0.334 e. The molecule has 0 saturated carbocycles. The number of hydrogen-bond donors (Lipinski definition) is 2. The van der Waals surface area contributed by atoms with Crippen LogP contribution < -0.4 is 10.6 Å². The molecule has 0 radical (unpaired) electrons. The maximum atomic E-state index is 12.2. The first-order chi connectivity index (χ1) is 13.7. The molecule has 1 saturated heterocycles. The summed E-state index contributed by atoms with van der Waals surface area (Å²) in [5, 5.41) is 10.8. The summed E-state index contributed by atoms with van der Waals surface area (Å²) in [7, 11) is 0. The van der Waals surface area contributed by atoms with E-state index >= 15 is 0 Å². The van der Waals surface area contributed by atoms with Gasteiger partial charge in [0.15, 0.2) is 0 Å². The second-order valence-electron chi connectivity index (χ2n) is 7.04. The molecule has 1 aromatic heterocycles. The lowest BCUT2D eigenvalue weighted by atomic mass is 10.1. The molecule has 3 aromatic rings. The maximum absolute atomic E-state index is 12.2. The third-order valence-electron chi connectivity index (χ3n) is 4.92. The zero-order valence-electron chi connectivity index (χ0n) is 15.4. The molecule has 1 aliphatic rings. The van der Waals surface area contributed by atoms with Crippen LogP contribution in [0.2, 0.25) is 5.02 Å². The van der Waals surface area contributed by atoms with Crippen molar-refractivity contribution in [3.8, 4) is 11.1 Å². The topological polar surface area (TPSA) is 44.4 Å². The normalized spacial score (nSPS) is 16.8. The maximum Gasteiger partial charge on any atom is 0.319 e. The van der Waals surface area contributed by atoms with E-state index in [1.807, 2.05) is 0 Å². The fourth-order valence-electron chi connectivity index (χ4n) is 3.47. The van der Waals surface area contributed by atoms with Gasteiger partial charge in [0.2, 0.25) is 0 Å². The fraction of sp³-hybridized carbons (Fsp3) is 0.227. The Kier molecular flexibility index (Phi) is 5.95. The van der Waals surface area contributed by atoms with E-state index in [9.17, 15) is 4.79 Å². The minimum atomic E-state index is -0.172. The van der Waals surface area contributed by atoms with Gasteiger partial charge >= 0.3 is 6.03 Å². The van der Waals surface area contributed by atoms with Crippen LogP contribution in [0.15, 0.2) is 65.4 Å². The Labute approximate surface area is 174 Å². The molecule has 0 aliphatic carbocycles. The number of thiophene rings is 1. The lowest BCUT2D eigenvalue weighted by Gasteiger charge is -2.17. The first-order valence-electron chi connectivity index (χ1n) is 9.33. The number of carbonyl (C=O) groups is 1. The summed E-state index contributed by atoms with van der Waals surface area (Å²) in [5.74, 6) is 0. The Balaban J connectivity index is 1.26. The van der Waals surface area contributed by atoms with Crippen molar-refractivity contribution in [2.75, 3.05) is 18.4 Å². The van der Waals surface area contributed by atoms with Gasteiger partial charge in [-0.15, -0.1) is 0 Å². The predicted molar refractivity (Wildman–Crippen MR) is 117 cm³/mol. The van der Waals surface area contributed by atoms with Crippen molar-refractivity contribution in [2.24, 2.45) is 0 Å². The summed E-state index contributed by atoms with van der Waals surface area (Å²) < 4.78 is 0. The monoisotopic (exact) mass is 411 g/mol. The second-order valence-corrected chi connectivity index (χ2v) is 8.25. The van der Waals surface area contributed by atoms with E-state index in [0.717, 1.165) is 31.7 Å². The van der Waals surface area contributed by atoms with Gasteiger partial charge in [-0.05, 0) is 64.2 Å². The van der Waals surface area contributed by atoms with E-state index < -0.39 is 0 Å². The van der Waals surface area contributed by atoms with Crippen molar-refractivity contribution >= 4 is 34.7 Å². The quantitative estimate of drug-likeness (QED) is 0.585. The molecule has 4 nitrogen and oxygen atoms in total. The summed E-state index contributed by atoms with van der Waals surface area (Å²) in [6.45, 7) is 2.75. The molecule has 1 fully saturated rings. The molecule has 2 amide bonds. The van der Waals surface area contributed by atoms with Crippen molar-refractivity contribution in [3.63, 3.8) is 0 Å². The van der Waals surface area contributed by atoms with Crippen molar-refractivity contribution in [2.45, 2.75) is 19.0 Å². The summed E-state index contributed by atoms with van der Waals surface area (Å²) in [4.78, 5) is 14.6. The van der Waals surface area contributed by atoms with Crippen LogP contribution in [0.3, 0.4) is 0 Å². The van der Waals surface area contributed by atoms with E-state index in [2.05, 4.69) is 56.6 Å². The Morgan fingerprint density at radius 3 is 2.57 bits per heavy atom.